The summed E-state index contributed by atoms with van der Waals surface area (Å²) in [7, 11) is 2.77. The molecule has 1 aliphatic rings. The fraction of sp³-hybridized carbons (Fsp3) is 0.786. The highest BCUT2D eigenvalue weighted by Gasteiger charge is 2.41. The average molecular weight is 314 g/mol. The van der Waals surface area contributed by atoms with E-state index in [0.29, 0.717) is 13.0 Å². The Morgan fingerprint density at radius 2 is 2.14 bits per heavy atom. The molecule has 0 aromatic carbocycles. The molecule has 0 bridgehead atoms. The van der Waals surface area contributed by atoms with Crippen LogP contribution in [-0.2, 0) is 23.5 Å². The van der Waals surface area contributed by atoms with Gasteiger partial charge in [0.2, 0.25) is 10.0 Å². The number of aryl methyl sites for hydroxylation is 1. The highest BCUT2D eigenvalue weighted by Crippen LogP contribution is 2.27. The minimum Gasteiger partial charge on any atom is -0.305 e. The van der Waals surface area contributed by atoms with Crippen molar-refractivity contribution in [2.45, 2.75) is 38.3 Å². The van der Waals surface area contributed by atoms with Crippen LogP contribution < -0.4 is 0 Å². The third-order valence-electron chi connectivity index (χ3n) is 4.15. The Balaban J connectivity index is 2.24. The van der Waals surface area contributed by atoms with E-state index in [4.69, 9.17) is 0 Å². The Labute approximate surface area is 127 Å². The molecule has 6 nitrogen and oxygen atoms in total. The quantitative estimate of drug-likeness (QED) is 0.776. The summed E-state index contributed by atoms with van der Waals surface area (Å²) in [6, 6.07) is 0.262. The zero-order valence-electron chi connectivity index (χ0n) is 13.4. The van der Waals surface area contributed by atoms with E-state index >= 15 is 0 Å². The second kappa shape index (κ2) is 6.46. The summed E-state index contributed by atoms with van der Waals surface area (Å²) in [6.45, 7) is 2.53. The second-order valence-corrected chi connectivity index (χ2v) is 8.08. The van der Waals surface area contributed by atoms with E-state index < -0.39 is 10.0 Å². The predicted molar refractivity (Wildman–Crippen MR) is 83.6 cm³/mol. The Morgan fingerprint density at radius 3 is 2.67 bits per heavy atom. The van der Waals surface area contributed by atoms with Gasteiger partial charge in [-0.15, -0.1) is 0 Å². The number of nitrogens with zero attached hydrogens (tertiary/aromatic N) is 4. The predicted octanol–water partition coefficient (Wildman–Crippen LogP) is 0.707. The average Bonchev–Trinajstić information content (AvgIpc) is 2.96. The highest BCUT2D eigenvalue weighted by molar-refractivity contribution is 7.89. The SMILES string of the molecule is CCCS(=O)(=O)N1CC[C@@H](N(C)C)[C@@H]1Cc1cnn(C)c1. The van der Waals surface area contributed by atoms with Gasteiger partial charge in [-0.1, -0.05) is 6.92 Å². The fourth-order valence-electron chi connectivity index (χ4n) is 3.19. The van der Waals surface area contributed by atoms with Crippen LogP contribution in [0.4, 0.5) is 0 Å². The van der Waals surface area contributed by atoms with Gasteiger partial charge in [-0.2, -0.15) is 9.40 Å². The van der Waals surface area contributed by atoms with E-state index in [9.17, 15) is 8.42 Å². The molecular weight excluding hydrogens is 288 g/mol. The maximum Gasteiger partial charge on any atom is 0.214 e. The first-order valence-electron chi connectivity index (χ1n) is 7.48. The maximum absolute atomic E-state index is 12.5. The van der Waals surface area contributed by atoms with Gasteiger partial charge < -0.3 is 4.90 Å². The van der Waals surface area contributed by atoms with Crippen molar-refractivity contribution in [1.82, 2.24) is 19.0 Å². The van der Waals surface area contributed by atoms with Gasteiger partial charge in [-0.05, 0) is 38.9 Å². The van der Waals surface area contributed by atoms with Gasteiger partial charge in [0, 0.05) is 31.9 Å². The zero-order valence-corrected chi connectivity index (χ0v) is 14.2. The van der Waals surface area contributed by atoms with Crippen LogP contribution in [0.1, 0.15) is 25.3 Å². The van der Waals surface area contributed by atoms with Crippen LogP contribution in [0, 0.1) is 0 Å². The Kier molecular flexibility index (Phi) is 5.06. The molecule has 2 heterocycles. The fourth-order valence-corrected chi connectivity index (χ4v) is 4.95. The molecule has 1 aromatic rings. The minimum atomic E-state index is -3.16. The first-order chi connectivity index (χ1) is 9.85. The maximum atomic E-state index is 12.5. The second-order valence-electron chi connectivity index (χ2n) is 6.04. The van der Waals surface area contributed by atoms with Crippen LogP contribution in [0.2, 0.25) is 0 Å². The molecule has 2 rings (SSSR count). The van der Waals surface area contributed by atoms with Gasteiger partial charge in [0.1, 0.15) is 0 Å². The van der Waals surface area contributed by atoms with E-state index in [1.165, 1.54) is 0 Å². The van der Waals surface area contributed by atoms with Crippen molar-refractivity contribution in [1.29, 1.82) is 0 Å². The zero-order chi connectivity index (χ0) is 15.6. The Morgan fingerprint density at radius 1 is 1.43 bits per heavy atom. The summed E-state index contributed by atoms with van der Waals surface area (Å²) in [5.74, 6) is 0.233. The standard InChI is InChI=1S/C14H26N4O2S/c1-5-8-21(19,20)18-7-6-13(16(2)3)14(18)9-12-10-15-17(4)11-12/h10-11,13-14H,5-9H2,1-4H3/t13-,14+/m1/s1. The van der Waals surface area contributed by atoms with E-state index in [0.717, 1.165) is 18.4 Å². The molecule has 0 unspecified atom stereocenters. The molecule has 1 saturated heterocycles. The smallest absolute Gasteiger partial charge is 0.214 e. The molecule has 0 amide bonds. The molecule has 120 valence electrons. The lowest BCUT2D eigenvalue weighted by Crippen LogP contribution is -2.46. The Bertz CT molecular complexity index is 567. The number of likely N-dealkylation sites (N-methyl/N-ethyl adjacent to an activating group) is 1. The van der Waals surface area contributed by atoms with Crippen molar-refractivity contribution in [2.75, 3.05) is 26.4 Å². The topological polar surface area (TPSA) is 58.4 Å². The van der Waals surface area contributed by atoms with E-state index in [2.05, 4.69) is 10.00 Å². The molecule has 0 radical (unpaired) electrons. The number of hydrogen-bond acceptors (Lipinski definition) is 4. The van der Waals surface area contributed by atoms with Crippen LogP contribution in [0.3, 0.4) is 0 Å². The van der Waals surface area contributed by atoms with Gasteiger partial charge in [-0.3, -0.25) is 4.68 Å². The number of sulfonamides is 1. The van der Waals surface area contributed by atoms with Crippen molar-refractivity contribution >= 4 is 10.0 Å². The van der Waals surface area contributed by atoms with E-state index in [1.807, 2.05) is 40.5 Å². The lowest BCUT2D eigenvalue weighted by atomic mass is 10.0. The van der Waals surface area contributed by atoms with Crippen LogP contribution in [0.25, 0.3) is 0 Å². The van der Waals surface area contributed by atoms with Gasteiger partial charge in [0.15, 0.2) is 0 Å². The number of aromatic nitrogens is 2. The highest BCUT2D eigenvalue weighted by atomic mass is 32.2. The first-order valence-corrected chi connectivity index (χ1v) is 9.09. The molecule has 2 atom stereocenters. The lowest BCUT2D eigenvalue weighted by Gasteiger charge is -2.30. The van der Waals surface area contributed by atoms with E-state index in [-0.39, 0.29) is 17.8 Å². The summed E-state index contributed by atoms with van der Waals surface area (Å²) in [4.78, 5) is 2.14. The molecule has 0 aliphatic carbocycles. The largest absolute Gasteiger partial charge is 0.305 e. The molecule has 7 heteroatoms. The lowest BCUT2D eigenvalue weighted by molar-refractivity contribution is 0.237. The van der Waals surface area contributed by atoms with Crippen molar-refractivity contribution < 1.29 is 8.42 Å². The molecule has 21 heavy (non-hydrogen) atoms. The summed E-state index contributed by atoms with van der Waals surface area (Å²) in [6.07, 6.45) is 6.07. The summed E-state index contributed by atoms with van der Waals surface area (Å²) in [5, 5.41) is 4.19. The van der Waals surface area contributed by atoms with Gasteiger partial charge >= 0.3 is 0 Å². The molecular formula is C14H26N4O2S. The third-order valence-corrected chi connectivity index (χ3v) is 6.24. The van der Waals surface area contributed by atoms with E-state index in [1.54, 1.807) is 8.99 Å². The van der Waals surface area contributed by atoms with Gasteiger partial charge in [-0.25, -0.2) is 8.42 Å². The van der Waals surface area contributed by atoms with Crippen molar-refractivity contribution in [2.24, 2.45) is 7.05 Å². The molecule has 1 fully saturated rings. The van der Waals surface area contributed by atoms with Crippen LogP contribution >= 0.6 is 0 Å². The normalized spacial score (nSPS) is 24.0. The van der Waals surface area contributed by atoms with Crippen molar-refractivity contribution in [3.05, 3.63) is 18.0 Å². The number of hydrogen-bond donors (Lipinski definition) is 0. The van der Waals surface area contributed by atoms with Crippen LogP contribution in [0.15, 0.2) is 12.4 Å². The summed E-state index contributed by atoms with van der Waals surface area (Å²) >= 11 is 0. The molecule has 0 N–H and O–H groups in total. The van der Waals surface area contributed by atoms with Crippen LogP contribution in [-0.4, -0.2) is 65.9 Å². The molecule has 1 aromatic heterocycles. The summed E-state index contributed by atoms with van der Waals surface area (Å²) in [5.41, 5.74) is 1.09. The van der Waals surface area contributed by atoms with Crippen molar-refractivity contribution in [3.63, 3.8) is 0 Å². The van der Waals surface area contributed by atoms with Gasteiger partial charge in [0.25, 0.3) is 0 Å². The van der Waals surface area contributed by atoms with Crippen molar-refractivity contribution in [3.8, 4) is 0 Å². The minimum absolute atomic E-state index is 0.000694. The molecule has 0 saturated carbocycles. The van der Waals surface area contributed by atoms with Crippen LogP contribution in [0.5, 0.6) is 0 Å². The molecule has 0 spiro atoms. The Hall–Kier alpha value is -0.920. The number of rotatable bonds is 6. The third kappa shape index (κ3) is 3.64. The summed E-state index contributed by atoms with van der Waals surface area (Å²) < 4.78 is 28.5. The first kappa shape index (κ1) is 16.5. The molecule has 1 aliphatic heterocycles. The monoisotopic (exact) mass is 314 g/mol. The van der Waals surface area contributed by atoms with Gasteiger partial charge in [0.05, 0.1) is 11.9 Å².